The van der Waals surface area contributed by atoms with Crippen LogP contribution in [0.25, 0.3) is 0 Å². The zero-order valence-corrected chi connectivity index (χ0v) is 7.12. The van der Waals surface area contributed by atoms with Crippen molar-refractivity contribution in [3.05, 3.63) is 0 Å². The first kappa shape index (κ1) is 9.84. The van der Waals surface area contributed by atoms with E-state index in [9.17, 15) is 13.2 Å². The standard InChI is InChI=1S/C8H14F3N/c1-6-2-3-12-5-7(4-6)8(9,10)11/h6-7,12H,2-5H2,1H3. The quantitative estimate of drug-likeness (QED) is 0.604. The van der Waals surface area contributed by atoms with Gasteiger partial charge in [-0.25, -0.2) is 0 Å². The summed E-state index contributed by atoms with van der Waals surface area (Å²) in [6.45, 7) is 2.69. The number of hydrogen-bond acceptors (Lipinski definition) is 1. The molecule has 0 aromatic rings. The van der Waals surface area contributed by atoms with Gasteiger partial charge in [0.25, 0.3) is 0 Å². The molecule has 0 amide bonds. The maximum Gasteiger partial charge on any atom is 0.393 e. The van der Waals surface area contributed by atoms with Gasteiger partial charge in [-0.15, -0.1) is 0 Å². The lowest BCUT2D eigenvalue weighted by Crippen LogP contribution is -2.32. The third kappa shape index (κ3) is 2.66. The van der Waals surface area contributed by atoms with Crippen molar-refractivity contribution >= 4 is 0 Å². The van der Waals surface area contributed by atoms with Crippen LogP contribution in [-0.2, 0) is 0 Å². The van der Waals surface area contributed by atoms with Gasteiger partial charge in [0.1, 0.15) is 0 Å². The average molecular weight is 181 g/mol. The monoisotopic (exact) mass is 181 g/mol. The highest BCUT2D eigenvalue weighted by Gasteiger charge is 2.40. The first-order chi connectivity index (χ1) is 5.50. The smallest absolute Gasteiger partial charge is 0.316 e. The molecule has 2 atom stereocenters. The lowest BCUT2D eigenvalue weighted by Gasteiger charge is -2.19. The van der Waals surface area contributed by atoms with Crippen LogP contribution < -0.4 is 5.32 Å². The number of nitrogens with one attached hydrogen (secondary N) is 1. The summed E-state index contributed by atoms with van der Waals surface area (Å²) in [7, 11) is 0. The first-order valence-electron chi connectivity index (χ1n) is 4.27. The predicted octanol–water partition coefficient (Wildman–Crippen LogP) is 2.18. The van der Waals surface area contributed by atoms with Gasteiger partial charge in [-0.1, -0.05) is 6.92 Å². The van der Waals surface area contributed by atoms with Crippen molar-refractivity contribution in [2.75, 3.05) is 13.1 Å². The van der Waals surface area contributed by atoms with E-state index in [0.29, 0.717) is 6.54 Å². The molecule has 72 valence electrons. The van der Waals surface area contributed by atoms with E-state index in [0.717, 1.165) is 6.42 Å². The van der Waals surface area contributed by atoms with E-state index in [1.54, 1.807) is 0 Å². The Hall–Kier alpha value is -0.250. The van der Waals surface area contributed by atoms with Gasteiger partial charge in [-0.3, -0.25) is 0 Å². The van der Waals surface area contributed by atoms with Gasteiger partial charge in [0, 0.05) is 6.54 Å². The van der Waals surface area contributed by atoms with Crippen LogP contribution >= 0.6 is 0 Å². The topological polar surface area (TPSA) is 12.0 Å². The Bertz CT molecular complexity index is 144. The molecule has 4 heteroatoms. The molecular formula is C8H14F3N. The molecule has 1 nitrogen and oxygen atoms in total. The minimum atomic E-state index is -4.02. The summed E-state index contributed by atoms with van der Waals surface area (Å²) >= 11 is 0. The highest BCUT2D eigenvalue weighted by atomic mass is 19.4. The molecule has 1 saturated heterocycles. The summed E-state index contributed by atoms with van der Waals surface area (Å²) in [4.78, 5) is 0. The van der Waals surface area contributed by atoms with Gasteiger partial charge in [0.2, 0.25) is 0 Å². The first-order valence-corrected chi connectivity index (χ1v) is 4.27. The van der Waals surface area contributed by atoms with Crippen molar-refractivity contribution in [3.8, 4) is 0 Å². The van der Waals surface area contributed by atoms with E-state index in [-0.39, 0.29) is 18.9 Å². The number of rotatable bonds is 0. The van der Waals surface area contributed by atoms with Crippen molar-refractivity contribution in [3.63, 3.8) is 0 Å². The van der Waals surface area contributed by atoms with Gasteiger partial charge >= 0.3 is 6.18 Å². The molecule has 1 heterocycles. The summed E-state index contributed by atoms with van der Waals surface area (Å²) in [5, 5.41) is 2.81. The maximum atomic E-state index is 12.3. The molecule has 1 N–H and O–H groups in total. The Morgan fingerprint density at radius 1 is 1.33 bits per heavy atom. The molecule has 0 spiro atoms. The van der Waals surface area contributed by atoms with Crippen LogP contribution in [0.1, 0.15) is 19.8 Å². The number of hydrogen-bond donors (Lipinski definition) is 1. The summed E-state index contributed by atoms with van der Waals surface area (Å²) in [5.41, 5.74) is 0. The molecule has 0 aromatic heterocycles. The largest absolute Gasteiger partial charge is 0.393 e. The van der Waals surface area contributed by atoms with E-state index in [2.05, 4.69) is 5.32 Å². The maximum absolute atomic E-state index is 12.3. The van der Waals surface area contributed by atoms with Gasteiger partial charge in [-0.2, -0.15) is 13.2 Å². The molecule has 0 radical (unpaired) electrons. The minimum Gasteiger partial charge on any atom is -0.316 e. The van der Waals surface area contributed by atoms with Crippen molar-refractivity contribution in [2.24, 2.45) is 11.8 Å². The molecule has 0 saturated carbocycles. The Morgan fingerprint density at radius 3 is 2.58 bits per heavy atom. The number of alkyl halides is 3. The Kier molecular flexibility index (Phi) is 2.99. The average Bonchev–Trinajstić information content (AvgIpc) is 2.11. The lowest BCUT2D eigenvalue weighted by atomic mass is 9.95. The Labute approximate surface area is 70.3 Å². The fourth-order valence-corrected chi connectivity index (χ4v) is 1.56. The predicted molar refractivity (Wildman–Crippen MR) is 40.8 cm³/mol. The summed E-state index contributed by atoms with van der Waals surface area (Å²) in [6, 6.07) is 0. The molecular weight excluding hydrogens is 167 g/mol. The van der Waals surface area contributed by atoms with Crippen LogP contribution in [0.5, 0.6) is 0 Å². The molecule has 1 aliphatic rings. The second-order valence-electron chi connectivity index (χ2n) is 3.57. The summed E-state index contributed by atoms with van der Waals surface area (Å²) < 4.78 is 36.8. The van der Waals surface area contributed by atoms with E-state index in [4.69, 9.17) is 0 Å². The molecule has 12 heavy (non-hydrogen) atoms. The second-order valence-corrected chi connectivity index (χ2v) is 3.57. The van der Waals surface area contributed by atoms with Gasteiger partial charge in [-0.05, 0) is 25.3 Å². The van der Waals surface area contributed by atoms with Crippen LogP contribution in [0.4, 0.5) is 13.2 Å². The van der Waals surface area contributed by atoms with E-state index in [1.807, 2.05) is 6.92 Å². The SMILES string of the molecule is CC1CCNCC(C(F)(F)F)C1. The minimum absolute atomic E-state index is 0.0911. The fourth-order valence-electron chi connectivity index (χ4n) is 1.56. The third-order valence-electron chi connectivity index (χ3n) is 2.35. The second kappa shape index (κ2) is 3.64. The summed E-state index contributed by atoms with van der Waals surface area (Å²) in [6.07, 6.45) is -2.89. The van der Waals surface area contributed by atoms with Crippen molar-refractivity contribution in [1.82, 2.24) is 5.32 Å². The van der Waals surface area contributed by atoms with Crippen LogP contribution in [0, 0.1) is 11.8 Å². The van der Waals surface area contributed by atoms with Crippen LogP contribution in [0.2, 0.25) is 0 Å². The summed E-state index contributed by atoms with van der Waals surface area (Å²) in [5.74, 6) is -0.957. The fraction of sp³-hybridized carbons (Fsp3) is 1.00. The molecule has 2 unspecified atom stereocenters. The Morgan fingerprint density at radius 2 is 2.00 bits per heavy atom. The van der Waals surface area contributed by atoms with Crippen molar-refractivity contribution in [1.29, 1.82) is 0 Å². The van der Waals surface area contributed by atoms with Crippen molar-refractivity contribution < 1.29 is 13.2 Å². The molecule has 1 fully saturated rings. The lowest BCUT2D eigenvalue weighted by molar-refractivity contribution is -0.176. The van der Waals surface area contributed by atoms with Crippen molar-refractivity contribution in [2.45, 2.75) is 25.9 Å². The number of halogens is 3. The Balaban J connectivity index is 2.52. The van der Waals surface area contributed by atoms with E-state index < -0.39 is 12.1 Å². The normalized spacial score (nSPS) is 33.0. The third-order valence-corrected chi connectivity index (χ3v) is 2.35. The molecule has 1 rings (SSSR count). The molecule has 0 aromatic carbocycles. The molecule has 0 aliphatic carbocycles. The molecule has 1 aliphatic heterocycles. The van der Waals surface area contributed by atoms with Gasteiger partial charge in [0.05, 0.1) is 5.92 Å². The van der Waals surface area contributed by atoms with E-state index >= 15 is 0 Å². The van der Waals surface area contributed by atoms with E-state index in [1.165, 1.54) is 0 Å². The van der Waals surface area contributed by atoms with Gasteiger partial charge in [0.15, 0.2) is 0 Å². The zero-order chi connectivity index (χ0) is 9.19. The van der Waals surface area contributed by atoms with Crippen LogP contribution in [-0.4, -0.2) is 19.3 Å². The highest BCUT2D eigenvalue weighted by Crippen LogP contribution is 2.32. The zero-order valence-electron chi connectivity index (χ0n) is 7.12. The highest BCUT2D eigenvalue weighted by molar-refractivity contribution is 4.76. The van der Waals surface area contributed by atoms with Crippen LogP contribution in [0.3, 0.4) is 0 Å². The van der Waals surface area contributed by atoms with Crippen LogP contribution in [0.15, 0.2) is 0 Å². The van der Waals surface area contributed by atoms with Gasteiger partial charge < -0.3 is 5.32 Å². The molecule has 0 bridgehead atoms.